The van der Waals surface area contributed by atoms with Gasteiger partial charge in [-0.3, -0.25) is 0 Å². The van der Waals surface area contributed by atoms with Crippen LogP contribution in [0.15, 0.2) is 24.3 Å². The molecule has 0 atom stereocenters. The lowest BCUT2D eigenvalue weighted by molar-refractivity contribution is 0.0489. The maximum absolute atomic E-state index is 12.1. The van der Waals surface area contributed by atoms with E-state index in [0.29, 0.717) is 23.8 Å². The molecule has 0 unspecified atom stereocenters. The van der Waals surface area contributed by atoms with Crippen LogP contribution in [-0.4, -0.2) is 24.6 Å². The zero-order valence-corrected chi connectivity index (χ0v) is 13.1. The highest BCUT2D eigenvalue weighted by molar-refractivity contribution is 6.00. The number of benzene rings is 1. The van der Waals surface area contributed by atoms with Crippen LogP contribution in [0, 0.1) is 5.92 Å². The average Bonchev–Trinajstić information content (AvgIpc) is 2.37. The lowest BCUT2D eigenvalue weighted by Crippen LogP contribution is -2.34. The number of para-hydroxylation sites is 1. The minimum Gasteiger partial charge on any atom is -0.462 e. The summed E-state index contributed by atoms with van der Waals surface area (Å²) < 4.78 is 5.23. The Morgan fingerprint density at radius 3 is 2.43 bits per heavy atom. The summed E-state index contributed by atoms with van der Waals surface area (Å²) in [6.45, 7) is 8.25. The molecule has 0 fully saturated rings. The van der Waals surface area contributed by atoms with Crippen LogP contribution in [0.5, 0.6) is 0 Å². The van der Waals surface area contributed by atoms with Crippen LogP contribution in [-0.2, 0) is 4.74 Å². The molecule has 5 nitrogen and oxygen atoms in total. The SMILES string of the molecule is CC(C)CCOC(=O)c1ccccc1NC(=O)NC(C)C. The van der Waals surface area contributed by atoms with Gasteiger partial charge >= 0.3 is 12.0 Å². The molecule has 0 aromatic heterocycles. The monoisotopic (exact) mass is 292 g/mol. The predicted molar refractivity (Wildman–Crippen MR) is 83.5 cm³/mol. The van der Waals surface area contributed by atoms with E-state index in [0.717, 1.165) is 6.42 Å². The maximum atomic E-state index is 12.1. The van der Waals surface area contributed by atoms with Crippen molar-refractivity contribution in [3.05, 3.63) is 29.8 Å². The molecule has 21 heavy (non-hydrogen) atoms. The maximum Gasteiger partial charge on any atom is 0.340 e. The lowest BCUT2D eigenvalue weighted by atomic mass is 10.1. The highest BCUT2D eigenvalue weighted by atomic mass is 16.5. The largest absolute Gasteiger partial charge is 0.462 e. The molecule has 0 spiro atoms. The second kappa shape index (κ2) is 8.29. The third-order valence-electron chi connectivity index (χ3n) is 2.74. The van der Waals surface area contributed by atoms with Crippen molar-refractivity contribution in [3.63, 3.8) is 0 Å². The molecule has 2 amide bonds. The summed E-state index contributed by atoms with van der Waals surface area (Å²) in [5.41, 5.74) is 0.811. The van der Waals surface area contributed by atoms with Crippen molar-refractivity contribution in [3.8, 4) is 0 Å². The summed E-state index contributed by atoms with van der Waals surface area (Å²) in [5.74, 6) is 0.0547. The third kappa shape index (κ3) is 6.29. The van der Waals surface area contributed by atoms with Gasteiger partial charge in [-0.05, 0) is 38.3 Å². The van der Waals surface area contributed by atoms with Gasteiger partial charge in [-0.15, -0.1) is 0 Å². The van der Waals surface area contributed by atoms with Crippen LogP contribution in [0.4, 0.5) is 10.5 Å². The fraction of sp³-hybridized carbons (Fsp3) is 0.500. The van der Waals surface area contributed by atoms with Gasteiger partial charge in [0.15, 0.2) is 0 Å². The summed E-state index contributed by atoms with van der Waals surface area (Å²) in [7, 11) is 0. The summed E-state index contributed by atoms with van der Waals surface area (Å²) >= 11 is 0. The second-order valence-electron chi connectivity index (χ2n) is 5.62. The van der Waals surface area contributed by atoms with Gasteiger partial charge in [-0.1, -0.05) is 26.0 Å². The summed E-state index contributed by atoms with van der Waals surface area (Å²) in [6.07, 6.45) is 0.815. The van der Waals surface area contributed by atoms with E-state index < -0.39 is 5.97 Å². The van der Waals surface area contributed by atoms with E-state index in [9.17, 15) is 9.59 Å². The molecule has 0 bridgehead atoms. The molecular weight excluding hydrogens is 268 g/mol. The summed E-state index contributed by atoms with van der Waals surface area (Å²) in [6, 6.07) is 6.50. The van der Waals surface area contributed by atoms with Crippen molar-refractivity contribution in [1.82, 2.24) is 5.32 Å². The first-order chi connectivity index (χ1) is 9.90. The number of esters is 1. The van der Waals surface area contributed by atoms with Gasteiger partial charge in [-0.25, -0.2) is 9.59 Å². The Bertz CT molecular complexity index is 484. The summed E-state index contributed by atoms with van der Waals surface area (Å²) in [5, 5.41) is 5.38. The van der Waals surface area contributed by atoms with Crippen LogP contribution >= 0.6 is 0 Å². The minimum absolute atomic E-state index is 0.0233. The molecule has 0 aliphatic heterocycles. The number of rotatable bonds is 6. The predicted octanol–water partition coefficient (Wildman–Crippen LogP) is 3.42. The second-order valence-corrected chi connectivity index (χ2v) is 5.62. The number of amides is 2. The molecule has 1 aromatic carbocycles. The number of hydrogen-bond donors (Lipinski definition) is 2. The van der Waals surface area contributed by atoms with Gasteiger partial charge in [0.25, 0.3) is 0 Å². The van der Waals surface area contributed by atoms with E-state index in [1.54, 1.807) is 24.3 Å². The van der Waals surface area contributed by atoms with Crippen molar-refractivity contribution in [2.24, 2.45) is 5.92 Å². The molecule has 2 N–H and O–H groups in total. The van der Waals surface area contributed by atoms with Gasteiger partial charge in [0, 0.05) is 6.04 Å². The number of hydrogen-bond acceptors (Lipinski definition) is 3. The number of carbonyl (C=O) groups excluding carboxylic acids is 2. The first-order valence-electron chi connectivity index (χ1n) is 7.23. The number of urea groups is 1. The van der Waals surface area contributed by atoms with E-state index in [1.165, 1.54) is 0 Å². The molecule has 0 aliphatic carbocycles. The number of ether oxygens (including phenoxy) is 1. The number of nitrogens with one attached hydrogen (secondary N) is 2. The third-order valence-corrected chi connectivity index (χ3v) is 2.74. The van der Waals surface area contributed by atoms with E-state index in [2.05, 4.69) is 24.5 Å². The van der Waals surface area contributed by atoms with Crippen LogP contribution < -0.4 is 10.6 Å². The molecule has 5 heteroatoms. The Hall–Kier alpha value is -2.04. The standard InChI is InChI=1S/C16H24N2O3/c1-11(2)9-10-21-15(19)13-7-5-6-8-14(13)18-16(20)17-12(3)4/h5-8,11-12H,9-10H2,1-4H3,(H2,17,18,20). The molecular formula is C16H24N2O3. The Kier molecular flexibility index (Phi) is 6.72. The number of anilines is 1. The molecule has 0 saturated heterocycles. The fourth-order valence-corrected chi connectivity index (χ4v) is 1.66. The Labute approximate surface area is 126 Å². The zero-order chi connectivity index (χ0) is 15.8. The smallest absolute Gasteiger partial charge is 0.340 e. The zero-order valence-electron chi connectivity index (χ0n) is 13.1. The van der Waals surface area contributed by atoms with Crippen LogP contribution in [0.1, 0.15) is 44.5 Å². The molecule has 116 valence electrons. The fourth-order valence-electron chi connectivity index (χ4n) is 1.66. The molecule has 0 radical (unpaired) electrons. The Morgan fingerprint density at radius 2 is 1.81 bits per heavy atom. The first-order valence-corrected chi connectivity index (χ1v) is 7.23. The summed E-state index contributed by atoms with van der Waals surface area (Å²) in [4.78, 5) is 23.8. The average molecular weight is 292 g/mol. The van der Waals surface area contributed by atoms with E-state index >= 15 is 0 Å². The minimum atomic E-state index is -0.420. The van der Waals surface area contributed by atoms with Gasteiger partial charge in [0.1, 0.15) is 0 Å². The number of carbonyl (C=O) groups is 2. The molecule has 0 saturated carbocycles. The van der Waals surface area contributed by atoms with Crippen LogP contribution in [0.25, 0.3) is 0 Å². The van der Waals surface area contributed by atoms with Crippen molar-refractivity contribution >= 4 is 17.7 Å². The first kappa shape index (κ1) is 17.0. The van der Waals surface area contributed by atoms with Crippen molar-refractivity contribution in [1.29, 1.82) is 0 Å². The highest BCUT2D eigenvalue weighted by Crippen LogP contribution is 2.16. The quantitative estimate of drug-likeness (QED) is 0.789. The van der Waals surface area contributed by atoms with Crippen LogP contribution in [0.2, 0.25) is 0 Å². The highest BCUT2D eigenvalue weighted by Gasteiger charge is 2.14. The Morgan fingerprint density at radius 1 is 1.14 bits per heavy atom. The lowest BCUT2D eigenvalue weighted by Gasteiger charge is -2.13. The van der Waals surface area contributed by atoms with E-state index in [4.69, 9.17) is 4.74 Å². The van der Waals surface area contributed by atoms with Gasteiger partial charge < -0.3 is 15.4 Å². The molecule has 1 rings (SSSR count). The van der Waals surface area contributed by atoms with Gasteiger partial charge in [0.2, 0.25) is 0 Å². The molecule has 1 aromatic rings. The molecule has 0 aliphatic rings. The van der Waals surface area contributed by atoms with E-state index in [1.807, 2.05) is 13.8 Å². The Balaban J connectivity index is 2.70. The van der Waals surface area contributed by atoms with Crippen molar-refractivity contribution in [2.45, 2.75) is 40.2 Å². The molecule has 0 heterocycles. The van der Waals surface area contributed by atoms with E-state index in [-0.39, 0.29) is 12.1 Å². The van der Waals surface area contributed by atoms with Gasteiger partial charge in [0.05, 0.1) is 17.9 Å². The van der Waals surface area contributed by atoms with Crippen molar-refractivity contribution in [2.75, 3.05) is 11.9 Å². The van der Waals surface area contributed by atoms with Gasteiger partial charge in [-0.2, -0.15) is 0 Å². The topological polar surface area (TPSA) is 67.4 Å². The normalized spacial score (nSPS) is 10.6. The van der Waals surface area contributed by atoms with Crippen LogP contribution in [0.3, 0.4) is 0 Å². The van der Waals surface area contributed by atoms with Crippen molar-refractivity contribution < 1.29 is 14.3 Å².